The molecule has 0 saturated carbocycles. The molecule has 1 aromatic carbocycles. The Hall–Kier alpha value is -2.34. The number of unbranched alkanes of at least 4 members (excludes halogenated alkanes) is 1. The summed E-state index contributed by atoms with van der Waals surface area (Å²) in [6.45, 7) is 0.604. The van der Waals surface area contributed by atoms with Gasteiger partial charge in [-0.25, -0.2) is 4.79 Å². The van der Waals surface area contributed by atoms with Gasteiger partial charge in [-0.05, 0) is 42.9 Å². The lowest BCUT2D eigenvalue weighted by Crippen LogP contribution is -2.30. The Morgan fingerprint density at radius 2 is 1.83 bits per heavy atom. The zero-order valence-corrected chi connectivity index (χ0v) is 13.4. The fraction of sp³-hybridized carbons (Fsp3) is 0.235. The molecule has 0 amide bonds. The predicted octanol–water partition coefficient (Wildman–Crippen LogP) is 2.66. The molecule has 0 aliphatic heterocycles. The van der Waals surface area contributed by atoms with Crippen LogP contribution < -0.4 is 11.2 Å². The lowest BCUT2D eigenvalue weighted by atomic mass is 10.2. The number of para-hydroxylation sites is 1. The number of H-pyrrole nitrogens is 1. The van der Waals surface area contributed by atoms with E-state index in [0.29, 0.717) is 17.4 Å². The molecule has 0 aliphatic rings. The minimum Gasteiger partial charge on any atom is -0.293 e. The van der Waals surface area contributed by atoms with Crippen molar-refractivity contribution in [2.24, 2.45) is 0 Å². The van der Waals surface area contributed by atoms with Gasteiger partial charge in [-0.15, -0.1) is 11.8 Å². The topological polar surface area (TPSA) is 67.8 Å². The molecule has 23 heavy (non-hydrogen) atoms. The molecule has 3 aromatic rings. The summed E-state index contributed by atoms with van der Waals surface area (Å²) in [4.78, 5) is 31.4. The molecule has 0 radical (unpaired) electrons. The number of benzene rings is 1. The summed E-state index contributed by atoms with van der Waals surface area (Å²) in [6.07, 6.45) is 5.45. The van der Waals surface area contributed by atoms with Crippen LogP contribution in [0.3, 0.4) is 0 Å². The third-order valence-electron chi connectivity index (χ3n) is 3.60. The third-order valence-corrected chi connectivity index (χ3v) is 4.70. The maximum Gasteiger partial charge on any atom is 0.328 e. The first-order valence-electron chi connectivity index (χ1n) is 7.50. The molecule has 5 nitrogen and oxygen atoms in total. The Balaban J connectivity index is 1.64. The summed E-state index contributed by atoms with van der Waals surface area (Å²) in [5.41, 5.74) is 0.0358. The van der Waals surface area contributed by atoms with E-state index in [-0.39, 0.29) is 11.2 Å². The van der Waals surface area contributed by atoms with Gasteiger partial charge in [0.1, 0.15) is 0 Å². The van der Waals surface area contributed by atoms with Crippen molar-refractivity contribution in [2.75, 3.05) is 5.75 Å². The molecule has 118 valence electrons. The molecule has 0 aliphatic carbocycles. The van der Waals surface area contributed by atoms with Gasteiger partial charge in [-0.1, -0.05) is 12.1 Å². The molecular formula is C17H17N3O2S. The van der Waals surface area contributed by atoms with E-state index in [0.717, 1.165) is 18.6 Å². The van der Waals surface area contributed by atoms with Crippen LogP contribution in [-0.4, -0.2) is 20.3 Å². The Kier molecular flexibility index (Phi) is 4.92. The Morgan fingerprint density at radius 1 is 1.04 bits per heavy atom. The van der Waals surface area contributed by atoms with Gasteiger partial charge >= 0.3 is 5.69 Å². The van der Waals surface area contributed by atoms with E-state index >= 15 is 0 Å². The second kappa shape index (κ2) is 7.28. The van der Waals surface area contributed by atoms with Crippen molar-refractivity contribution in [1.82, 2.24) is 14.5 Å². The molecule has 0 unspecified atom stereocenters. The molecule has 0 spiro atoms. The fourth-order valence-corrected chi connectivity index (χ4v) is 3.36. The Morgan fingerprint density at radius 3 is 2.65 bits per heavy atom. The summed E-state index contributed by atoms with van der Waals surface area (Å²) in [6, 6.07) is 11.2. The van der Waals surface area contributed by atoms with Gasteiger partial charge in [0, 0.05) is 23.8 Å². The monoisotopic (exact) mass is 327 g/mol. The largest absolute Gasteiger partial charge is 0.328 e. The normalized spacial score (nSPS) is 11.0. The number of thioether (sulfide) groups is 1. The number of hydrogen-bond donors (Lipinski definition) is 1. The first-order chi connectivity index (χ1) is 11.3. The second-order valence-corrected chi connectivity index (χ2v) is 6.33. The number of rotatable bonds is 6. The summed E-state index contributed by atoms with van der Waals surface area (Å²) in [7, 11) is 0. The van der Waals surface area contributed by atoms with Gasteiger partial charge in [0.05, 0.1) is 10.9 Å². The minimum absolute atomic E-state index is 0.324. The van der Waals surface area contributed by atoms with Gasteiger partial charge in [0.25, 0.3) is 5.56 Å². The molecule has 3 rings (SSSR count). The van der Waals surface area contributed by atoms with E-state index in [4.69, 9.17) is 0 Å². The maximum absolute atomic E-state index is 12.0. The smallest absolute Gasteiger partial charge is 0.293 e. The van der Waals surface area contributed by atoms with E-state index in [9.17, 15) is 9.59 Å². The van der Waals surface area contributed by atoms with E-state index in [1.54, 1.807) is 40.9 Å². The molecule has 0 atom stereocenters. The molecule has 1 N–H and O–H groups in total. The quantitative estimate of drug-likeness (QED) is 0.558. The van der Waals surface area contributed by atoms with Crippen LogP contribution >= 0.6 is 11.8 Å². The molecule has 0 bridgehead atoms. The van der Waals surface area contributed by atoms with Crippen molar-refractivity contribution in [2.45, 2.75) is 24.3 Å². The molecule has 0 fully saturated rings. The summed E-state index contributed by atoms with van der Waals surface area (Å²) < 4.78 is 1.65. The highest BCUT2D eigenvalue weighted by molar-refractivity contribution is 7.99. The van der Waals surface area contributed by atoms with Crippen LogP contribution in [0.5, 0.6) is 0 Å². The van der Waals surface area contributed by atoms with Crippen molar-refractivity contribution in [3.63, 3.8) is 0 Å². The van der Waals surface area contributed by atoms with Crippen LogP contribution in [0.2, 0.25) is 0 Å². The summed E-state index contributed by atoms with van der Waals surface area (Å²) in [5.74, 6) is 0.986. The molecule has 0 saturated heterocycles. The van der Waals surface area contributed by atoms with Crippen molar-refractivity contribution >= 4 is 22.7 Å². The van der Waals surface area contributed by atoms with Crippen molar-refractivity contribution < 1.29 is 0 Å². The van der Waals surface area contributed by atoms with E-state index in [2.05, 4.69) is 9.97 Å². The lowest BCUT2D eigenvalue weighted by molar-refractivity contribution is 0.620. The van der Waals surface area contributed by atoms with Gasteiger partial charge in [-0.3, -0.25) is 19.3 Å². The highest BCUT2D eigenvalue weighted by Crippen LogP contribution is 2.18. The Bertz CT molecular complexity index is 903. The van der Waals surface area contributed by atoms with Crippen LogP contribution in [-0.2, 0) is 6.54 Å². The van der Waals surface area contributed by atoms with E-state index in [1.807, 2.05) is 24.3 Å². The number of pyridine rings is 1. The first-order valence-corrected chi connectivity index (χ1v) is 8.49. The number of aryl methyl sites for hydroxylation is 1. The summed E-state index contributed by atoms with van der Waals surface area (Å²) >= 11 is 1.78. The van der Waals surface area contributed by atoms with Crippen molar-refractivity contribution in [3.8, 4) is 0 Å². The number of fused-ring (bicyclic) bond motifs is 1. The number of hydrogen-bond acceptors (Lipinski definition) is 4. The third kappa shape index (κ3) is 3.71. The van der Waals surface area contributed by atoms with Crippen LogP contribution in [0.1, 0.15) is 12.8 Å². The van der Waals surface area contributed by atoms with E-state index in [1.165, 1.54) is 4.90 Å². The molecule has 6 heteroatoms. The van der Waals surface area contributed by atoms with Crippen LogP contribution in [0, 0.1) is 0 Å². The van der Waals surface area contributed by atoms with Crippen molar-refractivity contribution in [1.29, 1.82) is 0 Å². The van der Waals surface area contributed by atoms with Crippen LogP contribution in [0.4, 0.5) is 0 Å². The number of nitrogens with zero attached hydrogens (tertiary/aromatic N) is 2. The predicted molar refractivity (Wildman–Crippen MR) is 93.0 cm³/mol. The minimum atomic E-state index is -0.338. The number of aromatic nitrogens is 3. The molecule has 2 heterocycles. The first kappa shape index (κ1) is 15.6. The molecule has 2 aromatic heterocycles. The standard InChI is InChI=1S/C17H17N3O2S/c21-16-14-5-1-2-6-15(14)20(17(22)19-16)11-3-4-12-23-13-7-9-18-10-8-13/h1-2,5-10H,3-4,11-12H2,(H,19,21,22). The highest BCUT2D eigenvalue weighted by Gasteiger charge is 2.06. The summed E-state index contributed by atoms with van der Waals surface area (Å²) in [5, 5.41) is 0.554. The zero-order chi connectivity index (χ0) is 16.1. The van der Waals surface area contributed by atoms with Gasteiger partial charge < -0.3 is 0 Å². The number of aromatic amines is 1. The average Bonchev–Trinajstić information content (AvgIpc) is 2.58. The lowest BCUT2D eigenvalue weighted by Gasteiger charge is -2.09. The van der Waals surface area contributed by atoms with Gasteiger partial charge in [-0.2, -0.15) is 0 Å². The average molecular weight is 327 g/mol. The fourth-order valence-electron chi connectivity index (χ4n) is 2.46. The SMILES string of the molecule is O=c1[nH]c(=O)n(CCCCSc2ccncc2)c2ccccc12. The maximum atomic E-state index is 12.0. The van der Waals surface area contributed by atoms with Crippen LogP contribution in [0.25, 0.3) is 10.9 Å². The van der Waals surface area contributed by atoms with Crippen molar-refractivity contribution in [3.05, 3.63) is 69.6 Å². The van der Waals surface area contributed by atoms with Gasteiger partial charge in [0.2, 0.25) is 0 Å². The highest BCUT2D eigenvalue weighted by atomic mass is 32.2. The van der Waals surface area contributed by atoms with Gasteiger partial charge in [0.15, 0.2) is 0 Å². The van der Waals surface area contributed by atoms with E-state index < -0.39 is 0 Å². The van der Waals surface area contributed by atoms with Crippen LogP contribution in [0.15, 0.2) is 63.3 Å². The zero-order valence-electron chi connectivity index (χ0n) is 12.6. The second-order valence-electron chi connectivity index (χ2n) is 5.17. The molecular weight excluding hydrogens is 310 g/mol. The Labute approximate surface area is 137 Å². The number of nitrogens with one attached hydrogen (secondary N) is 1.